The van der Waals surface area contributed by atoms with E-state index in [0.717, 1.165) is 11.1 Å². The molecule has 1 aliphatic rings. The number of ether oxygens (including phenoxy) is 1. The third kappa shape index (κ3) is 2.01. The van der Waals surface area contributed by atoms with Crippen LogP contribution in [0.3, 0.4) is 0 Å². The van der Waals surface area contributed by atoms with Gasteiger partial charge in [0.1, 0.15) is 11.7 Å². The average Bonchev–Trinajstić information content (AvgIpc) is 2.74. The zero-order valence-electron chi connectivity index (χ0n) is 12.0. The second kappa shape index (κ2) is 4.48. The molecule has 2 heteroatoms. The van der Waals surface area contributed by atoms with Crippen LogP contribution in [0.5, 0.6) is 5.75 Å². The Labute approximate surface area is 119 Å². The van der Waals surface area contributed by atoms with Gasteiger partial charge in [0.2, 0.25) is 0 Å². The van der Waals surface area contributed by atoms with Crippen LogP contribution in [0.4, 0.5) is 0 Å². The first-order valence-electron chi connectivity index (χ1n) is 6.88. The lowest BCUT2D eigenvalue weighted by Crippen LogP contribution is -2.17. The van der Waals surface area contributed by atoms with E-state index in [-0.39, 0.29) is 17.3 Å². The molecule has 2 nitrogen and oxygen atoms in total. The molecule has 0 aliphatic carbocycles. The van der Waals surface area contributed by atoms with Gasteiger partial charge in [0, 0.05) is 5.56 Å². The van der Waals surface area contributed by atoms with E-state index in [9.17, 15) is 4.79 Å². The molecule has 2 aromatic carbocycles. The Hall–Kier alpha value is -2.09. The lowest BCUT2D eigenvalue weighted by atomic mass is 9.78. The van der Waals surface area contributed by atoms with Gasteiger partial charge in [0.05, 0.1) is 0 Å². The van der Waals surface area contributed by atoms with E-state index in [1.165, 1.54) is 5.56 Å². The quantitative estimate of drug-likeness (QED) is 0.575. The summed E-state index contributed by atoms with van der Waals surface area (Å²) >= 11 is 0. The molecule has 1 aliphatic heterocycles. The number of carbonyl (C=O) groups excluding carboxylic acids is 1. The Morgan fingerprint density at radius 2 is 1.65 bits per heavy atom. The first-order valence-corrected chi connectivity index (χ1v) is 6.88. The summed E-state index contributed by atoms with van der Waals surface area (Å²) in [6.45, 7) is 6.48. The highest BCUT2D eigenvalue weighted by molar-refractivity contribution is 5.90. The monoisotopic (exact) mass is 266 g/mol. The summed E-state index contributed by atoms with van der Waals surface area (Å²) in [6.07, 6.45) is 0. The van der Waals surface area contributed by atoms with Gasteiger partial charge in [0.15, 0.2) is 0 Å². The molecule has 0 saturated carbocycles. The van der Waals surface area contributed by atoms with Crippen LogP contribution in [0.25, 0.3) is 0 Å². The smallest absolute Gasteiger partial charge is 0.323 e. The fourth-order valence-electron chi connectivity index (χ4n) is 2.82. The van der Waals surface area contributed by atoms with Gasteiger partial charge in [0.25, 0.3) is 0 Å². The van der Waals surface area contributed by atoms with Crippen LogP contribution in [-0.2, 0) is 10.2 Å². The van der Waals surface area contributed by atoms with Gasteiger partial charge in [-0.15, -0.1) is 0 Å². The van der Waals surface area contributed by atoms with Crippen LogP contribution in [0, 0.1) is 0 Å². The Balaban J connectivity index is 2.21. The molecule has 0 saturated heterocycles. The van der Waals surface area contributed by atoms with Crippen molar-refractivity contribution in [2.24, 2.45) is 0 Å². The molecule has 1 atom stereocenters. The lowest BCUT2D eigenvalue weighted by Gasteiger charge is -2.23. The van der Waals surface area contributed by atoms with Crippen molar-refractivity contribution in [2.45, 2.75) is 32.1 Å². The standard InChI is InChI=1S/C18H18O2/c1-18(2,3)13-10-7-11-14-16(13)15(17(19)20-14)12-8-5-4-6-9-12/h4-11,15H,1-3H3. The molecule has 0 spiro atoms. The maximum Gasteiger partial charge on any atom is 0.323 e. The summed E-state index contributed by atoms with van der Waals surface area (Å²) in [5.74, 6) is 0.223. The summed E-state index contributed by atoms with van der Waals surface area (Å²) in [7, 11) is 0. The number of esters is 1. The molecule has 2 aromatic rings. The van der Waals surface area contributed by atoms with Crippen molar-refractivity contribution in [1.82, 2.24) is 0 Å². The lowest BCUT2D eigenvalue weighted by molar-refractivity contribution is -0.133. The Kier molecular flexibility index (Phi) is 2.89. The number of hydrogen-bond donors (Lipinski definition) is 0. The van der Waals surface area contributed by atoms with Crippen molar-refractivity contribution in [3.8, 4) is 5.75 Å². The fourth-order valence-corrected chi connectivity index (χ4v) is 2.82. The average molecular weight is 266 g/mol. The minimum atomic E-state index is -0.304. The van der Waals surface area contributed by atoms with Gasteiger partial charge in [-0.3, -0.25) is 4.79 Å². The van der Waals surface area contributed by atoms with Crippen LogP contribution in [0.15, 0.2) is 48.5 Å². The van der Waals surface area contributed by atoms with Gasteiger partial charge < -0.3 is 4.74 Å². The van der Waals surface area contributed by atoms with E-state index in [0.29, 0.717) is 5.75 Å². The van der Waals surface area contributed by atoms with Gasteiger partial charge in [-0.1, -0.05) is 63.2 Å². The van der Waals surface area contributed by atoms with Gasteiger partial charge in [-0.25, -0.2) is 0 Å². The normalized spacial score (nSPS) is 17.8. The first-order chi connectivity index (χ1) is 9.48. The van der Waals surface area contributed by atoms with E-state index in [2.05, 4.69) is 26.8 Å². The van der Waals surface area contributed by atoms with Crippen molar-refractivity contribution in [2.75, 3.05) is 0 Å². The predicted octanol–water partition coefficient (Wildman–Crippen LogP) is 4.04. The maximum atomic E-state index is 12.3. The number of benzene rings is 2. The highest BCUT2D eigenvalue weighted by Crippen LogP contribution is 2.44. The third-order valence-electron chi connectivity index (χ3n) is 3.74. The molecule has 3 rings (SSSR count). The summed E-state index contributed by atoms with van der Waals surface area (Å²) in [5.41, 5.74) is 3.17. The second-order valence-electron chi connectivity index (χ2n) is 6.23. The Morgan fingerprint density at radius 3 is 2.30 bits per heavy atom. The van der Waals surface area contributed by atoms with E-state index in [4.69, 9.17) is 4.74 Å². The van der Waals surface area contributed by atoms with Crippen molar-refractivity contribution in [3.05, 3.63) is 65.2 Å². The van der Waals surface area contributed by atoms with Crippen molar-refractivity contribution >= 4 is 5.97 Å². The highest BCUT2D eigenvalue weighted by atomic mass is 16.5. The predicted molar refractivity (Wildman–Crippen MR) is 79.1 cm³/mol. The van der Waals surface area contributed by atoms with Crippen LogP contribution in [0.1, 0.15) is 43.4 Å². The van der Waals surface area contributed by atoms with E-state index in [1.54, 1.807) is 0 Å². The van der Waals surface area contributed by atoms with Gasteiger partial charge >= 0.3 is 5.97 Å². The summed E-state index contributed by atoms with van der Waals surface area (Å²) in [4.78, 5) is 12.3. The largest absolute Gasteiger partial charge is 0.425 e. The molecule has 0 fully saturated rings. The van der Waals surface area contributed by atoms with E-state index >= 15 is 0 Å². The zero-order chi connectivity index (χ0) is 14.3. The molecule has 0 radical (unpaired) electrons. The van der Waals surface area contributed by atoms with E-state index < -0.39 is 0 Å². The van der Waals surface area contributed by atoms with Crippen molar-refractivity contribution in [3.63, 3.8) is 0 Å². The number of fused-ring (bicyclic) bond motifs is 1. The molecule has 102 valence electrons. The number of hydrogen-bond acceptors (Lipinski definition) is 2. The summed E-state index contributed by atoms with van der Waals surface area (Å²) in [5, 5.41) is 0. The van der Waals surface area contributed by atoms with Crippen molar-refractivity contribution < 1.29 is 9.53 Å². The molecule has 0 amide bonds. The van der Waals surface area contributed by atoms with Gasteiger partial charge in [-0.2, -0.15) is 0 Å². The molecule has 0 N–H and O–H groups in total. The van der Waals surface area contributed by atoms with Gasteiger partial charge in [-0.05, 0) is 22.6 Å². The summed E-state index contributed by atoms with van der Waals surface area (Å²) in [6, 6.07) is 15.8. The molecule has 1 unspecified atom stereocenters. The van der Waals surface area contributed by atoms with Crippen LogP contribution in [-0.4, -0.2) is 5.97 Å². The minimum absolute atomic E-state index is 0.0215. The Bertz CT molecular complexity index is 651. The topological polar surface area (TPSA) is 26.3 Å². The fraction of sp³-hybridized carbons (Fsp3) is 0.278. The highest BCUT2D eigenvalue weighted by Gasteiger charge is 2.38. The maximum absolute atomic E-state index is 12.3. The molecular formula is C18H18O2. The van der Waals surface area contributed by atoms with Crippen molar-refractivity contribution in [1.29, 1.82) is 0 Å². The number of carbonyl (C=O) groups is 1. The minimum Gasteiger partial charge on any atom is -0.425 e. The SMILES string of the molecule is CC(C)(C)c1cccc2c1C(c1ccccc1)C(=O)O2. The Morgan fingerprint density at radius 1 is 0.950 bits per heavy atom. The zero-order valence-corrected chi connectivity index (χ0v) is 12.0. The van der Waals surface area contributed by atoms with E-state index in [1.807, 2.05) is 42.5 Å². The number of rotatable bonds is 1. The van der Waals surface area contributed by atoms with Crippen LogP contribution in [0.2, 0.25) is 0 Å². The summed E-state index contributed by atoms with van der Waals surface area (Å²) < 4.78 is 5.47. The molecular weight excluding hydrogens is 248 g/mol. The van der Waals surface area contributed by atoms with Crippen LogP contribution >= 0.6 is 0 Å². The molecule has 0 aromatic heterocycles. The van der Waals surface area contributed by atoms with Crippen LogP contribution < -0.4 is 4.74 Å². The molecule has 0 bridgehead atoms. The molecule has 1 heterocycles. The first kappa shape index (κ1) is 12.9. The third-order valence-corrected chi connectivity index (χ3v) is 3.74. The molecule has 20 heavy (non-hydrogen) atoms. The second-order valence-corrected chi connectivity index (χ2v) is 6.23.